The Bertz CT molecular complexity index is 418. The van der Waals surface area contributed by atoms with Crippen molar-refractivity contribution >= 4 is 11.8 Å². The number of hydrogen-bond donors (Lipinski definition) is 2. The molecule has 0 atom stereocenters. The molecule has 1 aromatic carbocycles. The normalized spacial score (nSPS) is 10.8. The minimum Gasteiger partial charge on any atom is -0.350 e. The van der Waals surface area contributed by atoms with Crippen molar-refractivity contribution in [2.45, 2.75) is 6.18 Å². The minimum absolute atomic E-state index is 0.0739. The second kappa shape index (κ2) is 6.04. The van der Waals surface area contributed by atoms with Crippen LogP contribution in [0.15, 0.2) is 30.3 Å². The molecule has 7 heteroatoms. The van der Waals surface area contributed by atoms with Crippen molar-refractivity contribution in [3.63, 3.8) is 0 Å². The maximum Gasteiger partial charge on any atom is 0.471 e. The average molecular weight is 260 g/mol. The molecule has 2 N–H and O–H groups in total. The van der Waals surface area contributed by atoms with E-state index < -0.39 is 18.0 Å². The number of alkyl halides is 3. The summed E-state index contributed by atoms with van der Waals surface area (Å²) in [5.41, 5.74) is 0.402. The summed E-state index contributed by atoms with van der Waals surface area (Å²) in [4.78, 5) is 21.9. The summed E-state index contributed by atoms with van der Waals surface area (Å²) in [5.74, 6) is -2.42. The maximum absolute atomic E-state index is 11.8. The first-order valence-electron chi connectivity index (χ1n) is 5.09. The molecule has 2 amide bonds. The molecule has 0 aliphatic carbocycles. The van der Waals surface area contributed by atoms with Gasteiger partial charge in [-0.3, -0.25) is 9.59 Å². The molecule has 1 rings (SSSR count). The molecule has 0 saturated carbocycles. The summed E-state index contributed by atoms with van der Waals surface area (Å²) >= 11 is 0. The number of rotatable bonds is 4. The first-order valence-corrected chi connectivity index (χ1v) is 5.09. The van der Waals surface area contributed by atoms with Crippen LogP contribution in [0.25, 0.3) is 0 Å². The molecule has 0 aliphatic heterocycles. The minimum atomic E-state index is -4.90. The molecular formula is C11H11F3N2O2. The highest BCUT2D eigenvalue weighted by molar-refractivity contribution is 5.94. The van der Waals surface area contributed by atoms with E-state index in [0.717, 1.165) is 0 Å². The van der Waals surface area contributed by atoms with Gasteiger partial charge in [-0.2, -0.15) is 13.2 Å². The fourth-order valence-corrected chi connectivity index (χ4v) is 1.14. The molecule has 98 valence electrons. The van der Waals surface area contributed by atoms with E-state index in [-0.39, 0.29) is 13.1 Å². The molecule has 0 spiro atoms. The van der Waals surface area contributed by atoms with E-state index in [2.05, 4.69) is 5.32 Å². The number of amides is 2. The smallest absolute Gasteiger partial charge is 0.350 e. The molecule has 0 radical (unpaired) electrons. The van der Waals surface area contributed by atoms with Gasteiger partial charge in [-0.05, 0) is 12.1 Å². The summed E-state index contributed by atoms with van der Waals surface area (Å²) in [6.07, 6.45) is -4.90. The highest BCUT2D eigenvalue weighted by Gasteiger charge is 2.38. The Balaban J connectivity index is 2.27. The van der Waals surface area contributed by atoms with Crippen molar-refractivity contribution in [2.24, 2.45) is 0 Å². The number of carbonyl (C=O) groups is 2. The Hall–Kier alpha value is -2.05. The van der Waals surface area contributed by atoms with Crippen LogP contribution in [0.2, 0.25) is 0 Å². The monoisotopic (exact) mass is 260 g/mol. The average Bonchev–Trinajstić information content (AvgIpc) is 2.34. The van der Waals surface area contributed by atoms with Crippen LogP contribution in [0.5, 0.6) is 0 Å². The van der Waals surface area contributed by atoms with Gasteiger partial charge in [-0.15, -0.1) is 0 Å². The van der Waals surface area contributed by atoms with Crippen LogP contribution in [0.3, 0.4) is 0 Å². The standard InChI is InChI=1S/C11H11F3N2O2/c12-11(13,14)10(18)16-7-6-15-9(17)8-4-2-1-3-5-8/h1-5H,6-7H2,(H,15,17)(H,16,18). The third kappa shape index (κ3) is 4.44. The van der Waals surface area contributed by atoms with Crippen molar-refractivity contribution in [1.82, 2.24) is 10.6 Å². The van der Waals surface area contributed by atoms with Crippen molar-refractivity contribution in [3.8, 4) is 0 Å². The number of benzene rings is 1. The molecule has 0 heterocycles. The van der Waals surface area contributed by atoms with Crippen molar-refractivity contribution in [1.29, 1.82) is 0 Å². The third-order valence-electron chi connectivity index (χ3n) is 1.99. The molecule has 0 unspecified atom stereocenters. The van der Waals surface area contributed by atoms with E-state index in [4.69, 9.17) is 0 Å². The highest BCUT2D eigenvalue weighted by Crippen LogP contribution is 2.13. The fourth-order valence-electron chi connectivity index (χ4n) is 1.14. The van der Waals surface area contributed by atoms with E-state index in [1.165, 1.54) is 0 Å². The Labute approximate surface area is 101 Å². The lowest BCUT2D eigenvalue weighted by Gasteiger charge is -2.08. The molecule has 0 bridgehead atoms. The molecule has 0 aromatic heterocycles. The lowest BCUT2D eigenvalue weighted by molar-refractivity contribution is -0.173. The molecule has 18 heavy (non-hydrogen) atoms. The zero-order valence-corrected chi connectivity index (χ0v) is 9.25. The van der Waals surface area contributed by atoms with Crippen LogP contribution in [0.4, 0.5) is 13.2 Å². The highest BCUT2D eigenvalue weighted by atomic mass is 19.4. The summed E-state index contributed by atoms with van der Waals surface area (Å²) in [5, 5.41) is 4.04. The van der Waals surface area contributed by atoms with E-state index in [0.29, 0.717) is 5.56 Å². The van der Waals surface area contributed by atoms with E-state index in [9.17, 15) is 22.8 Å². The number of carbonyl (C=O) groups excluding carboxylic acids is 2. The second-order valence-electron chi connectivity index (χ2n) is 3.38. The van der Waals surface area contributed by atoms with Gasteiger partial charge in [-0.1, -0.05) is 18.2 Å². The predicted octanol–water partition coefficient (Wildman–Crippen LogP) is 1.09. The number of nitrogens with one attached hydrogen (secondary N) is 2. The Morgan fingerprint density at radius 3 is 2.11 bits per heavy atom. The molecular weight excluding hydrogens is 249 g/mol. The van der Waals surface area contributed by atoms with Gasteiger partial charge in [0.15, 0.2) is 0 Å². The molecule has 0 saturated heterocycles. The van der Waals surface area contributed by atoms with Gasteiger partial charge in [0.05, 0.1) is 0 Å². The van der Waals surface area contributed by atoms with Crippen molar-refractivity contribution < 1.29 is 22.8 Å². The Kier molecular flexibility index (Phi) is 4.70. The van der Waals surface area contributed by atoms with Crippen LogP contribution < -0.4 is 10.6 Å². The Morgan fingerprint density at radius 2 is 1.56 bits per heavy atom. The second-order valence-corrected chi connectivity index (χ2v) is 3.38. The van der Waals surface area contributed by atoms with Crippen molar-refractivity contribution in [2.75, 3.05) is 13.1 Å². The topological polar surface area (TPSA) is 58.2 Å². The Morgan fingerprint density at radius 1 is 1.00 bits per heavy atom. The van der Waals surface area contributed by atoms with Crippen LogP contribution in [-0.4, -0.2) is 31.1 Å². The zero-order valence-electron chi connectivity index (χ0n) is 9.25. The van der Waals surface area contributed by atoms with Gasteiger partial charge in [0, 0.05) is 18.7 Å². The van der Waals surface area contributed by atoms with Crippen LogP contribution >= 0.6 is 0 Å². The third-order valence-corrected chi connectivity index (χ3v) is 1.99. The van der Waals surface area contributed by atoms with Gasteiger partial charge < -0.3 is 10.6 Å². The van der Waals surface area contributed by atoms with Gasteiger partial charge in [-0.25, -0.2) is 0 Å². The zero-order chi connectivity index (χ0) is 13.6. The molecule has 0 aliphatic rings. The molecule has 0 fully saturated rings. The van der Waals surface area contributed by atoms with E-state index in [1.807, 2.05) is 0 Å². The lowest BCUT2D eigenvalue weighted by atomic mass is 10.2. The fraction of sp³-hybridized carbons (Fsp3) is 0.273. The van der Waals surface area contributed by atoms with Gasteiger partial charge in [0.2, 0.25) is 0 Å². The SMILES string of the molecule is O=C(NCCNC(=O)C(F)(F)F)c1ccccc1. The largest absolute Gasteiger partial charge is 0.471 e. The number of halogens is 3. The van der Waals surface area contributed by atoms with Crippen molar-refractivity contribution in [3.05, 3.63) is 35.9 Å². The van der Waals surface area contributed by atoms with Crippen LogP contribution in [-0.2, 0) is 4.79 Å². The summed E-state index contributed by atoms with van der Waals surface area (Å²) in [7, 11) is 0. The van der Waals surface area contributed by atoms with Crippen LogP contribution in [0, 0.1) is 0 Å². The number of hydrogen-bond acceptors (Lipinski definition) is 2. The quantitative estimate of drug-likeness (QED) is 0.796. The summed E-state index contributed by atoms with van der Waals surface area (Å²) < 4.78 is 35.4. The van der Waals surface area contributed by atoms with E-state index >= 15 is 0 Å². The summed E-state index contributed by atoms with van der Waals surface area (Å²) in [6.45, 7) is -0.355. The maximum atomic E-state index is 11.8. The van der Waals surface area contributed by atoms with Gasteiger partial charge in [0.25, 0.3) is 5.91 Å². The molecule has 4 nitrogen and oxygen atoms in total. The van der Waals surface area contributed by atoms with Gasteiger partial charge >= 0.3 is 12.1 Å². The predicted molar refractivity (Wildman–Crippen MR) is 57.8 cm³/mol. The first-order chi connectivity index (χ1) is 8.41. The lowest BCUT2D eigenvalue weighted by Crippen LogP contribution is -2.41. The first kappa shape index (κ1) is 14.0. The summed E-state index contributed by atoms with van der Waals surface area (Å²) in [6, 6.07) is 8.22. The van der Waals surface area contributed by atoms with Crippen LogP contribution in [0.1, 0.15) is 10.4 Å². The van der Waals surface area contributed by atoms with Gasteiger partial charge in [0.1, 0.15) is 0 Å². The molecule has 1 aromatic rings. The van der Waals surface area contributed by atoms with E-state index in [1.54, 1.807) is 35.6 Å².